The van der Waals surface area contributed by atoms with Gasteiger partial charge in [-0.15, -0.1) is 0 Å². The Morgan fingerprint density at radius 1 is 0.778 bits per heavy atom. The standard InChI is InChI=1S/C29H22N6O/c30-27(36)26-25-23(16-17-31-25)33-28(34-26)24-18-35(19-32-24)29(20-10-4-1-5-11-20,21-12-6-2-7-13-21)22-14-8-3-9-15-22/h1-19,31H,(H2,30,36). The van der Waals surface area contributed by atoms with Crippen molar-refractivity contribution in [2.75, 3.05) is 0 Å². The smallest absolute Gasteiger partial charge is 0.269 e. The van der Waals surface area contributed by atoms with Crippen molar-refractivity contribution in [1.29, 1.82) is 0 Å². The van der Waals surface area contributed by atoms with Gasteiger partial charge in [-0.1, -0.05) is 91.0 Å². The number of nitrogens with one attached hydrogen (secondary N) is 1. The van der Waals surface area contributed by atoms with Crippen LogP contribution in [0.1, 0.15) is 27.2 Å². The Kier molecular flexibility index (Phi) is 5.15. The minimum atomic E-state index is -0.709. The van der Waals surface area contributed by atoms with Gasteiger partial charge in [0.25, 0.3) is 5.91 Å². The van der Waals surface area contributed by atoms with E-state index in [2.05, 4.69) is 55.9 Å². The molecule has 0 atom stereocenters. The molecule has 0 unspecified atom stereocenters. The molecule has 3 N–H and O–H groups in total. The third kappa shape index (κ3) is 3.37. The van der Waals surface area contributed by atoms with Crippen LogP contribution in [0.4, 0.5) is 0 Å². The zero-order valence-electron chi connectivity index (χ0n) is 19.2. The van der Waals surface area contributed by atoms with Crippen LogP contribution in [0.15, 0.2) is 116 Å². The fourth-order valence-electron chi connectivity index (χ4n) is 4.84. The molecule has 0 bridgehead atoms. The molecular formula is C29H22N6O. The highest BCUT2D eigenvalue weighted by molar-refractivity contribution is 6.02. The van der Waals surface area contributed by atoms with Crippen molar-refractivity contribution in [3.05, 3.63) is 138 Å². The molecule has 0 radical (unpaired) electrons. The second kappa shape index (κ2) is 8.63. The molecule has 3 aromatic heterocycles. The predicted molar refractivity (Wildman–Crippen MR) is 138 cm³/mol. The molecule has 3 aromatic carbocycles. The monoisotopic (exact) mass is 470 g/mol. The van der Waals surface area contributed by atoms with Crippen LogP contribution in [0.5, 0.6) is 0 Å². The number of fused-ring (bicyclic) bond motifs is 1. The van der Waals surface area contributed by atoms with E-state index in [0.717, 1.165) is 16.7 Å². The van der Waals surface area contributed by atoms with Crippen LogP contribution in [0.3, 0.4) is 0 Å². The lowest BCUT2D eigenvalue weighted by Crippen LogP contribution is -2.36. The SMILES string of the molecule is NC(=O)c1nc(-c2cn(C(c3ccccc3)(c3ccccc3)c3ccccc3)cn2)nc2cc[nH]c12. The largest absolute Gasteiger partial charge is 0.364 e. The first-order valence-electron chi connectivity index (χ1n) is 11.5. The van der Waals surface area contributed by atoms with Gasteiger partial charge in [0.2, 0.25) is 0 Å². The van der Waals surface area contributed by atoms with Crippen LogP contribution in [0.25, 0.3) is 22.6 Å². The number of imidazole rings is 1. The maximum atomic E-state index is 12.1. The quantitative estimate of drug-likeness (QED) is 0.343. The van der Waals surface area contributed by atoms with E-state index >= 15 is 0 Å². The lowest BCUT2D eigenvalue weighted by Gasteiger charge is -2.37. The summed E-state index contributed by atoms with van der Waals surface area (Å²) in [5.41, 5.74) is 9.91. The number of carbonyl (C=O) groups excluding carboxylic acids is 1. The van der Waals surface area contributed by atoms with Gasteiger partial charge in [-0.25, -0.2) is 15.0 Å². The number of aromatic amines is 1. The van der Waals surface area contributed by atoms with E-state index in [-0.39, 0.29) is 5.69 Å². The Hall–Kier alpha value is -5.04. The molecule has 0 aliphatic heterocycles. The number of nitrogens with two attached hydrogens (primary N) is 1. The number of rotatable bonds is 6. The first-order chi connectivity index (χ1) is 17.7. The van der Waals surface area contributed by atoms with E-state index in [4.69, 9.17) is 10.7 Å². The van der Waals surface area contributed by atoms with Gasteiger partial charge in [-0.05, 0) is 22.8 Å². The van der Waals surface area contributed by atoms with Crippen LogP contribution < -0.4 is 5.73 Å². The summed E-state index contributed by atoms with van der Waals surface area (Å²) in [7, 11) is 0. The molecule has 3 heterocycles. The third-order valence-corrected chi connectivity index (χ3v) is 6.41. The van der Waals surface area contributed by atoms with Crippen LogP contribution in [0, 0.1) is 0 Å². The molecule has 6 rings (SSSR count). The van der Waals surface area contributed by atoms with Gasteiger partial charge < -0.3 is 15.3 Å². The third-order valence-electron chi connectivity index (χ3n) is 6.41. The summed E-state index contributed by atoms with van der Waals surface area (Å²) >= 11 is 0. The average Bonchev–Trinajstić information content (AvgIpc) is 3.61. The fourth-order valence-corrected chi connectivity index (χ4v) is 4.84. The molecule has 0 saturated heterocycles. The Labute approximate surface area is 207 Å². The number of aromatic nitrogens is 5. The highest BCUT2D eigenvalue weighted by Gasteiger charge is 2.38. The van der Waals surface area contributed by atoms with E-state index in [1.807, 2.05) is 60.8 Å². The number of carbonyl (C=O) groups is 1. The summed E-state index contributed by atoms with van der Waals surface area (Å²) in [6.45, 7) is 0. The number of primary amides is 1. The topological polar surface area (TPSA) is 102 Å². The summed E-state index contributed by atoms with van der Waals surface area (Å²) in [5, 5.41) is 0. The molecule has 6 aromatic rings. The van der Waals surface area contributed by atoms with Gasteiger partial charge in [0.05, 0.1) is 17.4 Å². The molecule has 7 nitrogen and oxygen atoms in total. The highest BCUT2D eigenvalue weighted by atomic mass is 16.1. The lowest BCUT2D eigenvalue weighted by molar-refractivity contribution is 0.0997. The van der Waals surface area contributed by atoms with Crippen molar-refractivity contribution in [2.45, 2.75) is 5.54 Å². The van der Waals surface area contributed by atoms with Crippen LogP contribution in [-0.4, -0.2) is 30.4 Å². The van der Waals surface area contributed by atoms with Gasteiger partial charge in [-0.2, -0.15) is 0 Å². The molecule has 0 spiro atoms. The zero-order chi connectivity index (χ0) is 24.5. The maximum absolute atomic E-state index is 12.1. The van der Waals surface area contributed by atoms with Gasteiger partial charge in [0.1, 0.15) is 11.2 Å². The first-order valence-corrected chi connectivity index (χ1v) is 11.5. The Morgan fingerprint density at radius 3 is 1.86 bits per heavy atom. The lowest BCUT2D eigenvalue weighted by atomic mass is 9.77. The number of H-pyrrole nitrogens is 1. The normalized spacial score (nSPS) is 11.6. The van der Waals surface area contributed by atoms with Crippen molar-refractivity contribution >= 4 is 16.9 Å². The average molecular weight is 471 g/mol. The molecule has 0 saturated carbocycles. The molecule has 0 aliphatic rings. The Morgan fingerprint density at radius 2 is 1.33 bits per heavy atom. The number of nitrogens with zero attached hydrogens (tertiary/aromatic N) is 4. The summed E-state index contributed by atoms with van der Waals surface area (Å²) < 4.78 is 2.08. The summed E-state index contributed by atoms with van der Waals surface area (Å²) in [6.07, 6.45) is 5.42. The summed E-state index contributed by atoms with van der Waals surface area (Å²) in [4.78, 5) is 28.9. The minimum Gasteiger partial charge on any atom is -0.364 e. The number of hydrogen-bond acceptors (Lipinski definition) is 4. The molecular weight excluding hydrogens is 448 g/mol. The van der Waals surface area contributed by atoms with Gasteiger partial charge in [0, 0.05) is 12.4 Å². The van der Waals surface area contributed by atoms with Crippen molar-refractivity contribution in [3.8, 4) is 11.5 Å². The summed E-state index contributed by atoms with van der Waals surface area (Å²) in [5.74, 6) is -0.296. The van der Waals surface area contributed by atoms with Crippen LogP contribution in [0.2, 0.25) is 0 Å². The van der Waals surface area contributed by atoms with E-state index in [9.17, 15) is 4.79 Å². The van der Waals surface area contributed by atoms with Crippen molar-refractivity contribution in [3.63, 3.8) is 0 Å². The number of amides is 1. The Balaban J connectivity index is 1.62. The fraction of sp³-hybridized carbons (Fsp3) is 0.0345. The number of benzene rings is 3. The van der Waals surface area contributed by atoms with E-state index < -0.39 is 11.4 Å². The maximum Gasteiger partial charge on any atom is 0.269 e. The minimum absolute atomic E-state index is 0.134. The molecule has 174 valence electrons. The van der Waals surface area contributed by atoms with Crippen LogP contribution >= 0.6 is 0 Å². The molecule has 0 fully saturated rings. The molecule has 36 heavy (non-hydrogen) atoms. The first kappa shape index (κ1) is 21.5. The second-order valence-electron chi connectivity index (χ2n) is 8.47. The molecule has 1 amide bonds. The van der Waals surface area contributed by atoms with E-state index in [0.29, 0.717) is 22.6 Å². The van der Waals surface area contributed by atoms with Gasteiger partial charge in [-0.3, -0.25) is 4.79 Å². The van der Waals surface area contributed by atoms with Gasteiger partial charge in [0.15, 0.2) is 11.5 Å². The van der Waals surface area contributed by atoms with E-state index in [1.54, 1.807) is 18.6 Å². The predicted octanol–water partition coefficient (Wildman–Crippen LogP) is 4.76. The second-order valence-corrected chi connectivity index (χ2v) is 8.47. The van der Waals surface area contributed by atoms with Crippen molar-refractivity contribution < 1.29 is 4.79 Å². The number of hydrogen-bond donors (Lipinski definition) is 2. The molecule has 0 aliphatic carbocycles. The zero-order valence-corrected chi connectivity index (χ0v) is 19.2. The Bertz CT molecular complexity index is 1560. The molecule has 7 heteroatoms. The van der Waals surface area contributed by atoms with Crippen molar-refractivity contribution in [2.24, 2.45) is 5.73 Å². The van der Waals surface area contributed by atoms with Gasteiger partial charge >= 0.3 is 0 Å². The highest BCUT2D eigenvalue weighted by Crippen LogP contribution is 2.41. The summed E-state index contributed by atoms with van der Waals surface area (Å²) in [6, 6.07) is 32.7. The van der Waals surface area contributed by atoms with Crippen LogP contribution in [-0.2, 0) is 5.54 Å². The van der Waals surface area contributed by atoms with E-state index in [1.165, 1.54) is 0 Å². The van der Waals surface area contributed by atoms with Crippen molar-refractivity contribution in [1.82, 2.24) is 24.5 Å².